The van der Waals surface area contributed by atoms with Crippen molar-refractivity contribution in [2.75, 3.05) is 6.61 Å². The summed E-state index contributed by atoms with van der Waals surface area (Å²) in [6.07, 6.45) is 0.883. The predicted molar refractivity (Wildman–Crippen MR) is 125 cm³/mol. The number of aromatic hydroxyl groups is 1. The molecule has 0 amide bonds. The van der Waals surface area contributed by atoms with Crippen molar-refractivity contribution in [3.05, 3.63) is 84.9 Å². The number of hydrogen-bond acceptors (Lipinski definition) is 4. The highest BCUT2D eigenvalue weighted by molar-refractivity contribution is 5.99. The van der Waals surface area contributed by atoms with Gasteiger partial charge in [-0.1, -0.05) is 55.5 Å². The quantitative estimate of drug-likeness (QED) is 0.334. The van der Waals surface area contributed by atoms with Gasteiger partial charge in [0.05, 0.1) is 17.9 Å². The van der Waals surface area contributed by atoms with E-state index in [1.165, 1.54) is 16.2 Å². The zero-order chi connectivity index (χ0) is 21.2. The number of fused-ring (bicyclic) bond motifs is 2. The predicted octanol–water partition coefficient (Wildman–Crippen LogP) is 6.61. The second-order valence-corrected chi connectivity index (χ2v) is 7.54. The average molecular weight is 406 g/mol. The molecule has 31 heavy (non-hydrogen) atoms. The normalized spacial score (nSPS) is 11.1. The SMILES string of the molecule is CCCOc1cc(-c2ccc3cc4ccccc4cc3c2)nc(-c2ccccc2O)n1. The van der Waals surface area contributed by atoms with Crippen molar-refractivity contribution < 1.29 is 9.84 Å². The zero-order valence-corrected chi connectivity index (χ0v) is 17.2. The maximum Gasteiger partial charge on any atom is 0.217 e. The molecule has 4 heteroatoms. The lowest BCUT2D eigenvalue weighted by molar-refractivity contribution is 0.305. The molecule has 5 aromatic rings. The molecule has 4 aromatic carbocycles. The van der Waals surface area contributed by atoms with Crippen LogP contribution in [0.1, 0.15) is 13.3 Å². The lowest BCUT2D eigenvalue weighted by atomic mass is 10.0. The molecule has 0 atom stereocenters. The number of phenols is 1. The Morgan fingerprint density at radius 2 is 1.45 bits per heavy atom. The minimum absolute atomic E-state index is 0.145. The van der Waals surface area contributed by atoms with Gasteiger partial charge < -0.3 is 9.84 Å². The van der Waals surface area contributed by atoms with Crippen LogP contribution in [0.3, 0.4) is 0 Å². The van der Waals surface area contributed by atoms with Crippen molar-refractivity contribution in [1.82, 2.24) is 9.97 Å². The van der Waals surface area contributed by atoms with Gasteiger partial charge in [0.2, 0.25) is 5.88 Å². The highest BCUT2D eigenvalue weighted by Crippen LogP contribution is 2.32. The van der Waals surface area contributed by atoms with Crippen LogP contribution in [0.25, 0.3) is 44.2 Å². The van der Waals surface area contributed by atoms with E-state index in [0.717, 1.165) is 23.1 Å². The molecule has 0 saturated carbocycles. The van der Waals surface area contributed by atoms with Gasteiger partial charge in [-0.2, -0.15) is 4.98 Å². The van der Waals surface area contributed by atoms with Crippen LogP contribution < -0.4 is 4.74 Å². The van der Waals surface area contributed by atoms with Crippen LogP contribution in [0, 0.1) is 0 Å². The van der Waals surface area contributed by atoms with Gasteiger partial charge in [-0.3, -0.25) is 0 Å². The van der Waals surface area contributed by atoms with Crippen LogP contribution in [0.2, 0.25) is 0 Å². The van der Waals surface area contributed by atoms with E-state index in [0.29, 0.717) is 23.9 Å². The van der Waals surface area contributed by atoms with Crippen LogP contribution in [-0.2, 0) is 0 Å². The number of phenolic OH excluding ortho intramolecular Hbond substituents is 1. The maximum atomic E-state index is 10.3. The third kappa shape index (κ3) is 3.80. The zero-order valence-electron chi connectivity index (χ0n) is 17.2. The third-order valence-electron chi connectivity index (χ3n) is 5.30. The van der Waals surface area contributed by atoms with Crippen LogP contribution in [0.5, 0.6) is 11.6 Å². The van der Waals surface area contributed by atoms with E-state index < -0.39 is 0 Å². The Bertz CT molecular complexity index is 1400. The molecule has 0 aliphatic carbocycles. The second kappa shape index (κ2) is 8.07. The van der Waals surface area contributed by atoms with Crippen molar-refractivity contribution in [3.8, 4) is 34.3 Å². The Kier molecular flexibility index (Phi) is 4.97. The molecular weight excluding hydrogens is 384 g/mol. The summed E-state index contributed by atoms with van der Waals surface area (Å²) in [5.74, 6) is 1.09. The summed E-state index contributed by atoms with van der Waals surface area (Å²) in [5.41, 5.74) is 2.31. The lowest BCUT2D eigenvalue weighted by Crippen LogP contribution is -2.01. The molecule has 1 aromatic heterocycles. The molecule has 1 N–H and O–H groups in total. The molecule has 0 aliphatic heterocycles. The molecule has 0 saturated heterocycles. The Hall–Kier alpha value is -3.92. The summed E-state index contributed by atoms with van der Waals surface area (Å²) in [7, 11) is 0. The Labute approximate surface area is 180 Å². The minimum atomic E-state index is 0.145. The molecule has 152 valence electrons. The number of rotatable bonds is 5. The van der Waals surface area contributed by atoms with Gasteiger partial charge in [0, 0.05) is 11.6 Å². The van der Waals surface area contributed by atoms with Gasteiger partial charge in [0.1, 0.15) is 5.75 Å². The van der Waals surface area contributed by atoms with E-state index in [4.69, 9.17) is 9.72 Å². The summed E-state index contributed by atoms with van der Waals surface area (Å²) in [6, 6.07) is 28.0. The maximum absolute atomic E-state index is 10.3. The van der Waals surface area contributed by atoms with Gasteiger partial charge in [-0.05, 0) is 58.3 Å². The molecule has 4 nitrogen and oxygen atoms in total. The van der Waals surface area contributed by atoms with E-state index >= 15 is 0 Å². The molecule has 1 heterocycles. The number of para-hydroxylation sites is 1. The van der Waals surface area contributed by atoms with Crippen molar-refractivity contribution in [2.45, 2.75) is 13.3 Å². The number of nitrogens with zero attached hydrogens (tertiary/aromatic N) is 2. The molecule has 0 bridgehead atoms. The average Bonchev–Trinajstić information content (AvgIpc) is 2.81. The Balaban J connectivity index is 1.65. The molecule has 0 spiro atoms. The fraction of sp³-hybridized carbons (Fsp3) is 0.111. The highest BCUT2D eigenvalue weighted by Gasteiger charge is 2.13. The van der Waals surface area contributed by atoms with Gasteiger partial charge in [-0.25, -0.2) is 4.98 Å². The van der Waals surface area contributed by atoms with Crippen molar-refractivity contribution in [2.24, 2.45) is 0 Å². The van der Waals surface area contributed by atoms with Crippen LogP contribution in [0.15, 0.2) is 84.9 Å². The second-order valence-electron chi connectivity index (χ2n) is 7.54. The molecule has 0 radical (unpaired) electrons. The summed E-state index contributed by atoms with van der Waals surface area (Å²) in [4.78, 5) is 9.30. The minimum Gasteiger partial charge on any atom is -0.507 e. The van der Waals surface area contributed by atoms with Crippen LogP contribution in [-0.4, -0.2) is 21.7 Å². The first-order valence-corrected chi connectivity index (χ1v) is 10.4. The molecule has 0 unspecified atom stereocenters. The molecule has 5 rings (SSSR count). The summed E-state index contributed by atoms with van der Waals surface area (Å²) >= 11 is 0. The van der Waals surface area contributed by atoms with Crippen molar-refractivity contribution in [1.29, 1.82) is 0 Å². The van der Waals surface area contributed by atoms with E-state index in [2.05, 4.69) is 66.5 Å². The topological polar surface area (TPSA) is 55.2 Å². The first-order valence-electron chi connectivity index (χ1n) is 10.4. The van der Waals surface area contributed by atoms with Gasteiger partial charge in [0.25, 0.3) is 0 Å². The smallest absolute Gasteiger partial charge is 0.217 e. The first kappa shape index (κ1) is 19.1. The van der Waals surface area contributed by atoms with Crippen LogP contribution >= 0.6 is 0 Å². The van der Waals surface area contributed by atoms with Crippen molar-refractivity contribution in [3.63, 3.8) is 0 Å². The Morgan fingerprint density at radius 1 is 0.742 bits per heavy atom. The highest BCUT2D eigenvalue weighted by atomic mass is 16.5. The summed E-state index contributed by atoms with van der Waals surface area (Å²) in [6.45, 7) is 2.63. The van der Waals surface area contributed by atoms with E-state index in [1.807, 2.05) is 18.2 Å². The number of aromatic nitrogens is 2. The van der Waals surface area contributed by atoms with Gasteiger partial charge in [-0.15, -0.1) is 0 Å². The Morgan fingerprint density at radius 3 is 2.23 bits per heavy atom. The van der Waals surface area contributed by atoms with Gasteiger partial charge >= 0.3 is 0 Å². The first-order chi connectivity index (χ1) is 15.2. The molecular formula is C27H22N2O2. The molecule has 0 aliphatic rings. The van der Waals surface area contributed by atoms with E-state index in [9.17, 15) is 5.11 Å². The number of benzene rings is 4. The standard InChI is InChI=1S/C27H22N2O2/c1-2-13-31-26-17-24(28-27(29-26)23-9-5-6-10-25(23)30)21-12-11-20-14-18-7-3-4-8-19(18)15-22(20)16-21/h3-12,14-17,30H,2,13H2,1H3. The number of ether oxygens (including phenoxy) is 1. The fourth-order valence-electron chi connectivity index (χ4n) is 3.74. The fourth-order valence-corrected chi connectivity index (χ4v) is 3.74. The van der Waals surface area contributed by atoms with E-state index in [1.54, 1.807) is 12.1 Å². The monoisotopic (exact) mass is 406 g/mol. The summed E-state index contributed by atoms with van der Waals surface area (Å²) in [5, 5.41) is 15.1. The largest absolute Gasteiger partial charge is 0.507 e. The third-order valence-corrected chi connectivity index (χ3v) is 5.30. The lowest BCUT2D eigenvalue weighted by Gasteiger charge is -2.11. The number of hydrogen-bond donors (Lipinski definition) is 1. The van der Waals surface area contributed by atoms with Crippen LogP contribution in [0.4, 0.5) is 0 Å². The summed E-state index contributed by atoms with van der Waals surface area (Å²) < 4.78 is 5.83. The van der Waals surface area contributed by atoms with Crippen molar-refractivity contribution >= 4 is 21.5 Å². The van der Waals surface area contributed by atoms with Gasteiger partial charge in [0.15, 0.2) is 5.82 Å². The van der Waals surface area contributed by atoms with E-state index in [-0.39, 0.29) is 5.75 Å². The molecule has 0 fully saturated rings.